The molecule has 8 nitrogen and oxygen atoms in total. The molecule has 1 N–H and O–H groups in total. The summed E-state index contributed by atoms with van der Waals surface area (Å²) in [5.41, 5.74) is 3.46. The number of carbonyl (C=O) groups excluding carboxylic acids is 1. The maximum Gasteiger partial charge on any atom is 0.255 e. The number of anilines is 2. The second-order valence-corrected chi connectivity index (χ2v) is 9.91. The number of benzene rings is 2. The van der Waals surface area contributed by atoms with E-state index >= 15 is 0 Å². The van der Waals surface area contributed by atoms with Gasteiger partial charge in [0.05, 0.1) is 30.9 Å². The van der Waals surface area contributed by atoms with Gasteiger partial charge in [0.2, 0.25) is 15.9 Å². The van der Waals surface area contributed by atoms with Crippen molar-refractivity contribution in [2.45, 2.75) is 26.3 Å². The van der Waals surface area contributed by atoms with Gasteiger partial charge < -0.3 is 14.8 Å². The fourth-order valence-corrected chi connectivity index (χ4v) is 5.20. The van der Waals surface area contributed by atoms with E-state index in [9.17, 15) is 13.2 Å². The van der Waals surface area contributed by atoms with Crippen molar-refractivity contribution < 1.29 is 22.7 Å². The molecule has 0 spiro atoms. The SMILES string of the molecule is COc1cc(C)ccc1Oc1ccc(NC(=O)c2ccc3c(c2)CC(C)N3S(C)(=O)=O)cn1. The summed E-state index contributed by atoms with van der Waals surface area (Å²) >= 11 is 0. The van der Waals surface area contributed by atoms with Crippen LogP contribution in [0.2, 0.25) is 0 Å². The number of methoxy groups -OCH3 is 1. The van der Waals surface area contributed by atoms with Crippen molar-refractivity contribution in [2.24, 2.45) is 0 Å². The number of aryl methyl sites for hydroxylation is 1. The average molecular weight is 468 g/mol. The van der Waals surface area contributed by atoms with E-state index in [2.05, 4.69) is 10.3 Å². The van der Waals surface area contributed by atoms with E-state index in [0.29, 0.717) is 40.7 Å². The van der Waals surface area contributed by atoms with Crippen molar-refractivity contribution in [3.63, 3.8) is 0 Å². The minimum atomic E-state index is -3.38. The first-order valence-electron chi connectivity index (χ1n) is 10.4. The molecule has 0 bridgehead atoms. The maximum absolute atomic E-state index is 12.7. The third kappa shape index (κ3) is 4.78. The topological polar surface area (TPSA) is 97.8 Å². The van der Waals surface area contributed by atoms with Gasteiger partial charge in [0.25, 0.3) is 5.91 Å². The van der Waals surface area contributed by atoms with Crippen LogP contribution >= 0.6 is 0 Å². The Balaban J connectivity index is 1.46. The highest BCUT2D eigenvalue weighted by molar-refractivity contribution is 7.92. The molecule has 1 unspecified atom stereocenters. The lowest BCUT2D eigenvalue weighted by atomic mass is 10.1. The Morgan fingerprint density at radius 2 is 1.91 bits per heavy atom. The Labute approximate surface area is 193 Å². The van der Waals surface area contributed by atoms with Gasteiger partial charge in [-0.2, -0.15) is 0 Å². The lowest BCUT2D eigenvalue weighted by Crippen LogP contribution is -2.34. The molecule has 0 saturated heterocycles. The monoisotopic (exact) mass is 467 g/mol. The van der Waals surface area contributed by atoms with Crippen LogP contribution in [0.4, 0.5) is 11.4 Å². The van der Waals surface area contributed by atoms with Crippen molar-refractivity contribution in [3.05, 3.63) is 71.4 Å². The molecular weight excluding hydrogens is 442 g/mol. The minimum absolute atomic E-state index is 0.183. The predicted octanol–water partition coefficient (Wildman–Crippen LogP) is 4.15. The average Bonchev–Trinajstić information content (AvgIpc) is 3.11. The molecular formula is C24H25N3O5S. The van der Waals surface area contributed by atoms with Gasteiger partial charge in [-0.25, -0.2) is 13.4 Å². The van der Waals surface area contributed by atoms with Crippen LogP contribution in [0.1, 0.15) is 28.4 Å². The van der Waals surface area contributed by atoms with Gasteiger partial charge in [-0.3, -0.25) is 9.10 Å². The number of hydrogen-bond donors (Lipinski definition) is 1. The van der Waals surface area contributed by atoms with Crippen LogP contribution in [0.15, 0.2) is 54.7 Å². The highest BCUT2D eigenvalue weighted by Gasteiger charge is 2.32. The van der Waals surface area contributed by atoms with E-state index in [1.807, 2.05) is 32.0 Å². The predicted molar refractivity (Wildman–Crippen MR) is 127 cm³/mol. The van der Waals surface area contributed by atoms with E-state index in [4.69, 9.17) is 9.47 Å². The summed E-state index contributed by atoms with van der Waals surface area (Å²) in [6, 6.07) is 13.8. The van der Waals surface area contributed by atoms with Crippen LogP contribution < -0.4 is 19.1 Å². The summed E-state index contributed by atoms with van der Waals surface area (Å²) in [7, 11) is -1.80. The summed E-state index contributed by atoms with van der Waals surface area (Å²) < 4.78 is 36.7. The zero-order chi connectivity index (χ0) is 23.8. The first-order valence-corrected chi connectivity index (χ1v) is 12.2. The van der Waals surface area contributed by atoms with E-state index in [0.717, 1.165) is 11.1 Å². The van der Waals surface area contributed by atoms with Crippen LogP contribution in [0.5, 0.6) is 17.4 Å². The van der Waals surface area contributed by atoms with E-state index in [1.165, 1.54) is 16.8 Å². The van der Waals surface area contributed by atoms with Crippen molar-refractivity contribution in [1.82, 2.24) is 4.98 Å². The highest BCUT2D eigenvalue weighted by atomic mass is 32.2. The maximum atomic E-state index is 12.7. The highest BCUT2D eigenvalue weighted by Crippen LogP contribution is 2.35. The van der Waals surface area contributed by atoms with Crippen molar-refractivity contribution >= 4 is 27.3 Å². The summed E-state index contributed by atoms with van der Waals surface area (Å²) in [5, 5.41) is 2.81. The molecule has 1 aromatic heterocycles. The van der Waals surface area contributed by atoms with Gasteiger partial charge >= 0.3 is 0 Å². The van der Waals surface area contributed by atoms with Gasteiger partial charge in [-0.05, 0) is 67.8 Å². The Morgan fingerprint density at radius 3 is 2.58 bits per heavy atom. The Bertz CT molecular complexity index is 1310. The number of amides is 1. The van der Waals surface area contributed by atoms with Gasteiger partial charge in [-0.15, -0.1) is 0 Å². The minimum Gasteiger partial charge on any atom is -0.493 e. The molecule has 172 valence electrons. The normalized spacial score (nSPS) is 15.2. The number of carbonyl (C=O) groups is 1. The van der Waals surface area contributed by atoms with Crippen molar-refractivity contribution in [2.75, 3.05) is 23.0 Å². The first-order chi connectivity index (χ1) is 15.7. The number of sulfonamides is 1. The van der Waals surface area contributed by atoms with Crippen LogP contribution in [0, 0.1) is 6.92 Å². The largest absolute Gasteiger partial charge is 0.493 e. The summed E-state index contributed by atoms with van der Waals surface area (Å²) in [6.07, 6.45) is 3.25. The number of fused-ring (bicyclic) bond motifs is 1. The molecule has 0 fully saturated rings. The lowest BCUT2D eigenvalue weighted by molar-refractivity contribution is 0.102. The number of hydrogen-bond acceptors (Lipinski definition) is 6. The van der Waals surface area contributed by atoms with Crippen LogP contribution in [-0.4, -0.2) is 38.7 Å². The standard InChI is InChI=1S/C24H25N3O5S/c1-15-5-9-21(22(11-15)31-3)32-23-10-7-19(14-25-23)26-24(28)17-6-8-20-18(13-17)12-16(2)27(20)33(4,29)30/h5-11,13-14,16H,12H2,1-4H3,(H,26,28). The number of aromatic nitrogens is 1. The van der Waals surface area contributed by atoms with Crippen LogP contribution in [-0.2, 0) is 16.4 Å². The molecule has 3 aromatic rings. The van der Waals surface area contributed by atoms with E-state index < -0.39 is 10.0 Å². The number of rotatable bonds is 6. The van der Waals surface area contributed by atoms with Gasteiger partial charge in [0.15, 0.2) is 11.5 Å². The zero-order valence-corrected chi connectivity index (χ0v) is 19.6. The quantitative estimate of drug-likeness (QED) is 0.585. The Morgan fingerprint density at radius 1 is 1.12 bits per heavy atom. The molecule has 2 heterocycles. The molecule has 1 aliphatic heterocycles. The third-order valence-corrected chi connectivity index (χ3v) is 6.65. The first kappa shape index (κ1) is 22.6. The molecule has 0 radical (unpaired) electrons. The van der Waals surface area contributed by atoms with Gasteiger partial charge in [0, 0.05) is 17.7 Å². The number of pyridine rings is 1. The van der Waals surface area contributed by atoms with Crippen molar-refractivity contribution in [3.8, 4) is 17.4 Å². The molecule has 0 aliphatic carbocycles. The molecule has 1 atom stereocenters. The molecule has 1 amide bonds. The molecule has 4 rings (SSSR count). The summed E-state index contributed by atoms with van der Waals surface area (Å²) in [5.74, 6) is 1.21. The molecule has 2 aromatic carbocycles. The number of ether oxygens (including phenoxy) is 2. The van der Waals surface area contributed by atoms with E-state index in [1.54, 1.807) is 37.4 Å². The third-order valence-electron chi connectivity index (χ3n) is 5.38. The van der Waals surface area contributed by atoms with Gasteiger partial charge in [-0.1, -0.05) is 6.07 Å². The number of nitrogens with zero attached hydrogens (tertiary/aromatic N) is 2. The second-order valence-electron chi connectivity index (χ2n) is 8.05. The smallest absolute Gasteiger partial charge is 0.255 e. The summed E-state index contributed by atoms with van der Waals surface area (Å²) in [4.78, 5) is 17.0. The fourth-order valence-electron chi connectivity index (χ4n) is 3.94. The second kappa shape index (κ2) is 8.74. The van der Waals surface area contributed by atoms with Crippen LogP contribution in [0.25, 0.3) is 0 Å². The van der Waals surface area contributed by atoms with Crippen LogP contribution in [0.3, 0.4) is 0 Å². The molecule has 1 aliphatic rings. The van der Waals surface area contributed by atoms with E-state index in [-0.39, 0.29) is 11.9 Å². The fraction of sp³-hybridized carbons (Fsp3) is 0.250. The Hall–Kier alpha value is -3.59. The van der Waals surface area contributed by atoms with Crippen molar-refractivity contribution in [1.29, 1.82) is 0 Å². The molecule has 0 saturated carbocycles. The number of nitrogens with one attached hydrogen (secondary N) is 1. The molecule has 9 heteroatoms. The summed E-state index contributed by atoms with van der Waals surface area (Å²) in [6.45, 7) is 3.81. The zero-order valence-electron chi connectivity index (χ0n) is 18.8. The Kier molecular flexibility index (Phi) is 5.99. The lowest BCUT2D eigenvalue weighted by Gasteiger charge is -2.21. The van der Waals surface area contributed by atoms with Gasteiger partial charge in [0.1, 0.15) is 0 Å². The molecule has 33 heavy (non-hydrogen) atoms.